The molecule has 1 N–H and O–H groups in total. The highest BCUT2D eigenvalue weighted by Gasteiger charge is 2.31. The molecule has 1 aromatic carbocycles. The molecule has 1 aromatic heterocycles. The van der Waals surface area contributed by atoms with Crippen molar-refractivity contribution in [2.75, 3.05) is 36.4 Å². The Morgan fingerprint density at radius 2 is 1.82 bits per heavy atom. The molecule has 0 aliphatic carbocycles. The van der Waals surface area contributed by atoms with Gasteiger partial charge in [-0.05, 0) is 42.9 Å². The van der Waals surface area contributed by atoms with Crippen LogP contribution in [0.4, 0.5) is 33.5 Å². The Morgan fingerprint density at radius 1 is 1.04 bits per heavy atom. The zero-order valence-corrected chi connectivity index (χ0v) is 15.5. The summed E-state index contributed by atoms with van der Waals surface area (Å²) in [5.41, 5.74) is -0.712. The van der Waals surface area contributed by atoms with E-state index in [9.17, 15) is 22.0 Å². The molecule has 150 valence electrons. The lowest BCUT2D eigenvalue weighted by Crippen LogP contribution is -2.38. The van der Waals surface area contributed by atoms with E-state index in [1.807, 2.05) is 9.80 Å². The number of hydrogen-bond donors (Lipinski definition) is 1. The van der Waals surface area contributed by atoms with Gasteiger partial charge < -0.3 is 15.1 Å². The van der Waals surface area contributed by atoms with Gasteiger partial charge in [-0.2, -0.15) is 13.2 Å². The van der Waals surface area contributed by atoms with Crippen molar-refractivity contribution in [2.45, 2.75) is 12.6 Å². The molecule has 1 saturated heterocycles. The minimum atomic E-state index is -4.42. The normalized spacial score (nSPS) is 15.3. The van der Waals surface area contributed by atoms with Gasteiger partial charge in [-0.15, -0.1) is 0 Å². The SMILES string of the molecule is Fc1ccc(NC(=S)N2CCCN(c3ccc(C(F)(F)F)cn3)CC2)c(F)c1. The third-order valence-corrected chi connectivity index (χ3v) is 4.72. The first-order chi connectivity index (χ1) is 13.2. The summed E-state index contributed by atoms with van der Waals surface area (Å²) < 4.78 is 64.8. The van der Waals surface area contributed by atoms with Crippen molar-refractivity contribution >= 4 is 28.8 Å². The van der Waals surface area contributed by atoms with E-state index in [4.69, 9.17) is 12.2 Å². The number of hydrogen-bond acceptors (Lipinski definition) is 3. The van der Waals surface area contributed by atoms with Crippen molar-refractivity contribution in [3.8, 4) is 0 Å². The quantitative estimate of drug-likeness (QED) is 0.583. The van der Waals surface area contributed by atoms with Crippen LogP contribution in [0.2, 0.25) is 0 Å². The Balaban J connectivity index is 1.62. The summed E-state index contributed by atoms with van der Waals surface area (Å²) in [5, 5.41) is 3.07. The summed E-state index contributed by atoms with van der Waals surface area (Å²) in [5.74, 6) is -0.963. The second kappa shape index (κ2) is 8.26. The van der Waals surface area contributed by atoms with Crippen LogP contribution in [-0.2, 0) is 6.18 Å². The minimum absolute atomic E-state index is 0.0805. The lowest BCUT2D eigenvalue weighted by atomic mass is 10.2. The van der Waals surface area contributed by atoms with E-state index in [1.54, 1.807) is 0 Å². The van der Waals surface area contributed by atoms with Crippen LogP contribution in [-0.4, -0.2) is 41.2 Å². The van der Waals surface area contributed by atoms with Gasteiger partial charge in [-0.3, -0.25) is 0 Å². The topological polar surface area (TPSA) is 31.4 Å². The predicted molar refractivity (Wildman–Crippen MR) is 100 cm³/mol. The molecule has 0 bridgehead atoms. The first-order valence-electron chi connectivity index (χ1n) is 8.53. The Morgan fingerprint density at radius 3 is 2.46 bits per heavy atom. The molecule has 0 atom stereocenters. The highest BCUT2D eigenvalue weighted by molar-refractivity contribution is 7.80. The van der Waals surface area contributed by atoms with E-state index in [1.165, 1.54) is 12.1 Å². The molecule has 1 aliphatic heterocycles. The molecule has 0 radical (unpaired) electrons. The molecule has 0 amide bonds. The van der Waals surface area contributed by atoms with Crippen LogP contribution < -0.4 is 10.2 Å². The van der Waals surface area contributed by atoms with Crippen molar-refractivity contribution in [1.82, 2.24) is 9.88 Å². The zero-order valence-electron chi connectivity index (χ0n) is 14.6. The highest BCUT2D eigenvalue weighted by atomic mass is 32.1. The third-order valence-electron chi connectivity index (χ3n) is 4.36. The number of rotatable bonds is 2. The average Bonchev–Trinajstić information content (AvgIpc) is 2.90. The summed E-state index contributed by atoms with van der Waals surface area (Å²) in [7, 11) is 0. The van der Waals surface area contributed by atoms with Crippen LogP contribution in [0.3, 0.4) is 0 Å². The number of nitrogens with zero attached hydrogens (tertiary/aromatic N) is 3. The van der Waals surface area contributed by atoms with E-state index in [2.05, 4.69) is 10.3 Å². The summed E-state index contributed by atoms with van der Waals surface area (Å²) in [6.45, 7) is 2.16. The standard InChI is InChI=1S/C18H17F5N4S/c19-13-3-4-15(14(20)10-13)25-17(28)27-7-1-6-26(8-9-27)16-5-2-12(11-24-16)18(21,22)23/h2-5,10-11H,1,6-9H2,(H,25,28). The van der Waals surface area contributed by atoms with Gasteiger partial charge in [0.15, 0.2) is 5.11 Å². The molecule has 4 nitrogen and oxygen atoms in total. The number of anilines is 2. The number of thiocarbonyl (C=S) groups is 1. The number of alkyl halides is 3. The largest absolute Gasteiger partial charge is 0.417 e. The fourth-order valence-corrected chi connectivity index (χ4v) is 3.17. The molecule has 0 spiro atoms. The number of aromatic nitrogens is 1. The Bertz CT molecular complexity index is 841. The van der Waals surface area contributed by atoms with Gasteiger partial charge in [0.1, 0.15) is 17.5 Å². The lowest BCUT2D eigenvalue weighted by molar-refractivity contribution is -0.137. The molecule has 2 aromatic rings. The van der Waals surface area contributed by atoms with E-state index in [-0.39, 0.29) is 5.69 Å². The van der Waals surface area contributed by atoms with Crippen LogP contribution in [0.5, 0.6) is 0 Å². The van der Waals surface area contributed by atoms with Crippen LogP contribution in [0, 0.1) is 11.6 Å². The maximum Gasteiger partial charge on any atom is 0.417 e. The third kappa shape index (κ3) is 4.86. The molecule has 0 unspecified atom stereocenters. The van der Waals surface area contributed by atoms with Gasteiger partial charge in [0.05, 0.1) is 11.3 Å². The summed E-state index contributed by atoms with van der Waals surface area (Å²) in [6.07, 6.45) is -2.91. The van der Waals surface area contributed by atoms with Crippen LogP contribution in [0.25, 0.3) is 0 Å². The molecule has 28 heavy (non-hydrogen) atoms. The van der Waals surface area contributed by atoms with Crippen molar-refractivity contribution in [2.24, 2.45) is 0 Å². The predicted octanol–water partition coefficient (Wildman–Crippen LogP) is 4.29. The van der Waals surface area contributed by atoms with Crippen LogP contribution >= 0.6 is 12.2 Å². The zero-order chi connectivity index (χ0) is 20.3. The van der Waals surface area contributed by atoms with Crippen molar-refractivity contribution < 1.29 is 22.0 Å². The van der Waals surface area contributed by atoms with E-state index in [0.29, 0.717) is 43.5 Å². The molecule has 2 heterocycles. The molecule has 10 heteroatoms. The average molecular weight is 416 g/mol. The second-order valence-corrected chi connectivity index (χ2v) is 6.67. The smallest absolute Gasteiger partial charge is 0.355 e. The maximum atomic E-state index is 13.8. The number of nitrogens with one attached hydrogen (secondary N) is 1. The Labute approximate surface area is 164 Å². The number of pyridine rings is 1. The van der Waals surface area contributed by atoms with Crippen molar-refractivity contribution in [1.29, 1.82) is 0 Å². The van der Waals surface area contributed by atoms with Crippen LogP contribution in [0.1, 0.15) is 12.0 Å². The first-order valence-corrected chi connectivity index (χ1v) is 8.94. The Hall–Kier alpha value is -2.49. The molecular weight excluding hydrogens is 399 g/mol. The van der Waals surface area contributed by atoms with Gasteiger partial charge in [0, 0.05) is 38.4 Å². The fourth-order valence-electron chi connectivity index (χ4n) is 2.88. The monoisotopic (exact) mass is 416 g/mol. The summed E-state index contributed by atoms with van der Waals surface area (Å²) >= 11 is 5.32. The molecule has 0 saturated carbocycles. The van der Waals surface area contributed by atoms with Gasteiger partial charge in [0.25, 0.3) is 0 Å². The molecule has 1 aliphatic rings. The van der Waals surface area contributed by atoms with E-state index >= 15 is 0 Å². The van der Waals surface area contributed by atoms with Gasteiger partial charge in [-0.1, -0.05) is 0 Å². The number of benzene rings is 1. The highest BCUT2D eigenvalue weighted by Crippen LogP contribution is 2.29. The second-order valence-electron chi connectivity index (χ2n) is 6.28. The first kappa shape index (κ1) is 20.2. The minimum Gasteiger partial charge on any atom is -0.355 e. The molecule has 3 rings (SSSR count). The summed E-state index contributed by atoms with van der Waals surface area (Å²) in [4.78, 5) is 7.63. The van der Waals surface area contributed by atoms with E-state index in [0.717, 1.165) is 24.4 Å². The van der Waals surface area contributed by atoms with Gasteiger partial charge in [-0.25, -0.2) is 13.8 Å². The summed E-state index contributed by atoms with van der Waals surface area (Å²) in [6, 6.07) is 5.53. The Kier molecular flexibility index (Phi) is 5.97. The van der Waals surface area contributed by atoms with Crippen molar-refractivity contribution in [3.63, 3.8) is 0 Å². The lowest BCUT2D eigenvalue weighted by Gasteiger charge is -2.25. The fraction of sp³-hybridized carbons (Fsp3) is 0.333. The molecule has 1 fully saturated rings. The van der Waals surface area contributed by atoms with Crippen molar-refractivity contribution in [3.05, 3.63) is 53.7 Å². The molecular formula is C18H17F5N4S. The van der Waals surface area contributed by atoms with Gasteiger partial charge >= 0.3 is 6.18 Å². The number of halogens is 5. The van der Waals surface area contributed by atoms with E-state index < -0.39 is 23.4 Å². The van der Waals surface area contributed by atoms with Gasteiger partial charge in [0.2, 0.25) is 0 Å². The maximum absolute atomic E-state index is 13.8. The van der Waals surface area contributed by atoms with Crippen LogP contribution in [0.15, 0.2) is 36.5 Å².